The number of methoxy groups -OCH3 is 1. The van der Waals surface area contributed by atoms with E-state index < -0.39 is 12.3 Å². The zero-order chi connectivity index (χ0) is 26.4. The molecular weight excluding hydrogens is 489 g/mol. The second kappa shape index (κ2) is 11.5. The number of anilines is 1. The third kappa shape index (κ3) is 6.93. The molecule has 1 aliphatic rings. The number of rotatable bonds is 9. The molecule has 1 aliphatic carbocycles. The molecule has 8 nitrogen and oxygen atoms in total. The van der Waals surface area contributed by atoms with Crippen LogP contribution in [-0.2, 0) is 11.3 Å². The van der Waals surface area contributed by atoms with E-state index in [-0.39, 0.29) is 30.0 Å². The summed E-state index contributed by atoms with van der Waals surface area (Å²) in [6.45, 7) is 2.36. The second-order valence-corrected chi connectivity index (χ2v) is 8.82. The summed E-state index contributed by atoms with van der Waals surface area (Å²) in [5.41, 5.74) is 2.08. The lowest BCUT2D eigenvalue weighted by molar-refractivity contribution is -0.274. The van der Waals surface area contributed by atoms with Gasteiger partial charge in [0.25, 0.3) is 0 Å². The van der Waals surface area contributed by atoms with Crippen molar-refractivity contribution in [3.05, 3.63) is 65.4 Å². The van der Waals surface area contributed by atoms with Crippen molar-refractivity contribution in [2.75, 3.05) is 19.0 Å². The zero-order valence-electron chi connectivity index (χ0n) is 20.6. The summed E-state index contributed by atoms with van der Waals surface area (Å²) in [5, 5.41) is 11.7. The average molecular weight is 519 g/mol. The minimum Gasteiger partial charge on any atom is -0.497 e. The maximum Gasteiger partial charge on any atom is 0.573 e. The number of alkyl halides is 3. The molecule has 0 unspecified atom stereocenters. The molecule has 0 spiro atoms. The highest BCUT2D eigenvalue weighted by molar-refractivity contribution is 5.92. The topological polar surface area (TPSA) is 87.5 Å². The first-order chi connectivity index (χ1) is 17.8. The standard InChI is InChI=1S/C26H29F3N4O4/c1-3-36-25(34)23-24(33(32-31-23)16-17-4-12-21(35-2)13-5-17)30-20-10-6-18(7-11-20)19-8-14-22(15-9-19)37-26(27,28)29/h4-5,8-9,12-15,18,20,30H,3,6-7,10-11,16H2,1-2H3/t18-,20+. The third-order valence-corrected chi connectivity index (χ3v) is 6.35. The molecule has 4 rings (SSSR count). The molecule has 1 fully saturated rings. The number of carbonyl (C=O) groups is 1. The summed E-state index contributed by atoms with van der Waals surface area (Å²) >= 11 is 0. The van der Waals surface area contributed by atoms with Crippen LogP contribution in [-0.4, -0.2) is 47.1 Å². The monoisotopic (exact) mass is 518 g/mol. The maximum absolute atomic E-state index is 12.5. The van der Waals surface area contributed by atoms with Gasteiger partial charge >= 0.3 is 12.3 Å². The summed E-state index contributed by atoms with van der Waals surface area (Å²) in [5.74, 6) is 0.708. The van der Waals surface area contributed by atoms with Crippen molar-refractivity contribution >= 4 is 11.8 Å². The molecule has 0 bridgehead atoms. The minimum absolute atomic E-state index is 0.0744. The Kier molecular flexibility index (Phi) is 8.20. The predicted molar refractivity (Wildman–Crippen MR) is 130 cm³/mol. The van der Waals surface area contributed by atoms with Crippen molar-refractivity contribution in [1.82, 2.24) is 15.0 Å². The van der Waals surface area contributed by atoms with Crippen molar-refractivity contribution in [2.24, 2.45) is 0 Å². The van der Waals surface area contributed by atoms with Crippen molar-refractivity contribution < 1.29 is 32.2 Å². The van der Waals surface area contributed by atoms with Gasteiger partial charge < -0.3 is 19.5 Å². The van der Waals surface area contributed by atoms with E-state index in [1.807, 2.05) is 24.3 Å². The van der Waals surface area contributed by atoms with Gasteiger partial charge in [0.1, 0.15) is 11.5 Å². The lowest BCUT2D eigenvalue weighted by atomic mass is 9.81. The van der Waals surface area contributed by atoms with Gasteiger partial charge in [-0.1, -0.05) is 29.5 Å². The summed E-state index contributed by atoms with van der Waals surface area (Å²) in [6, 6.07) is 13.7. The van der Waals surface area contributed by atoms with E-state index in [9.17, 15) is 18.0 Å². The van der Waals surface area contributed by atoms with Crippen LogP contribution in [0, 0.1) is 0 Å². The largest absolute Gasteiger partial charge is 0.573 e. The smallest absolute Gasteiger partial charge is 0.497 e. The van der Waals surface area contributed by atoms with E-state index >= 15 is 0 Å². The van der Waals surface area contributed by atoms with Crippen LogP contribution < -0.4 is 14.8 Å². The van der Waals surface area contributed by atoms with Crippen LogP contribution in [0.4, 0.5) is 19.0 Å². The fraction of sp³-hybridized carbons (Fsp3) is 0.423. The minimum atomic E-state index is -4.71. The fourth-order valence-corrected chi connectivity index (χ4v) is 4.51. The van der Waals surface area contributed by atoms with Crippen LogP contribution in [0.3, 0.4) is 0 Å². The zero-order valence-corrected chi connectivity index (χ0v) is 20.6. The number of hydrogen-bond acceptors (Lipinski definition) is 7. The second-order valence-electron chi connectivity index (χ2n) is 8.82. The number of nitrogens with zero attached hydrogens (tertiary/aromatic N) is 3. The van der Waals surface area contributed by atoms with Crippen LogP contribution in [0.5, 0.6) is 11.5 Å². The molecule has 1 aromatic heterocycles. The number of nitrogens with one attached hydrogen (secondary N) is 1. The SMILES string of the molecule is CCOC(=O)c1nnn(Cc2ccc(OC)cc2)c1N[C@H]1CC[C@@H](c2ccc(OC(F)(F)F)cc2)CC1. The van der Waals surface area contributed by atoms with Gasteiger partial charge in [0.2, 0.25) is 5.69 Å². The Bertz CT molecular complexity index is 1170. The van der Waals surface area contributed by atoms with Gasteiger partial charge in [-0.15, -0.1) is 18.3 Å². The number of halogens is 3. The number of aromatic nitrogens is 3. The molecule has 1 N–H and O–H groups in total. The first-order valence-electron chi connectivity index (χ1n) is 12.1. The Morgan fingerprint density at radius 1 is 1.03 bits per heavy atom. The predicted octanol–water partition coefficient (Wildman–Crippen LogP) is 5.55. The average Bonchev–Trinajstić information content (AvgIpc) is 3.26. The van der Waals surface area contributed by atoms with Gasteiger partial charge in [-0.3, -0.25) is 0 Å². The van der Waals surface area contributed by atoms with Gasteiger partial charge in [-0.05, 0) is 73.9 Å². The van der Waals surface area contributed by atoms with Crippen LogP contribution in [0.15, 0.2) is 48.5 Å². The highest BCUT2D eigenvalue weighted by Gasteiger charge is 2.31. The van der Waals surface area contributed by atoms with E-state index in [4.69, 9.17) is 9.47 Å². The molecular formula is C26H29F3N4O4. The van der Waals surface area contributed by atoms with E-state index in [1.54, 1.807) is 30.8 Å². The van der Waals surface area contributed by atoms with Gasteiger partial charge in [0, 0.05) is 6.04 Å². The molecule has 1 saturated carbocycles. The Hall–Kier alpha value is -3.76. The summed E-state index contributed by atoms with van der Waals surface area (Å²) in [6.07, 6.45) is -1.41. The summed E-state index contributed by atoms with van der Waals surface area (Å²) in [7, 11) is 1.60. The van der Waals surface area contributed by atoms with E-state index in [0.29, 0.717) is 12.4 Å². The van der Waals surface area contributed by atoms with Gasteiger partial charge in [0.15, 0.2) is 5.82 Å². The number of esters is 1. The molecule has 0 saturated heterocycles. The Labute approximate surface area is 212 Å². The van der Waals surface area contributed by atoms with Crippen LogP contribution >= 0.6 is 0 Å². The molecule has 0 amide bonds. The Morgan fingerprint density at radius 3 is 2.27 bits per heavy atom. The van der Waals surface area contributed by atoms with E-state index in [2.05, 4.69) is 20.4 Å². The molecule has 1 heterocycles. The normalized spacial score (nSPS) is 17.8. The van der Waals surface area contributed by atoms with E-state index in [1.165, 1.54) is 12.1 Å². The highest BCUT2D eigenvalue weighted by Crippen LogP contribution is 2.35. The molecule has 0 atom stereocenters. The molecule has 198 valence electrons. The first-order valence-corrected chi connectivity index (χ1v) is 12.1. The molecule has 37 heavy (non-hydrogen) atoms. The van der Waals surface area contributed by atoms with Crippen molar-refractivity contribution in [3.63, 3.8) is 0 Å². The third-order valence-electron chi connectivity index (χ3n) is 6.35. The molecule has 3 aromatic rings. The summed E-state index contributed by atoms with van der Waals surface area (Å²) in [4.78, 5) is 12.5. The molecule has 2 aromatic carbocycles. The lowest BCUT2D eigenvalue weighted by Crippen LogP contribution is -2.28. The molecule has 0 radical (unpaired) electrons. The first kappa shape index (κ1) is 26.3. The van der Waals surface area contributed by atoms with Gasteiger partial charge in [-0.25, -0.2) is 9.48 Å². The van der Waals surface area contributed by atoms with Crippen LogP contribution in [0.25, 0.3) is 0 Å². The van der Waals surface area contributed by atoms with Crippen molar-refractivity contribution in [3.8, 4) is 11.5 Å². The van der Waals surface area contributed by atoms with Gasteiger partial charge in [0.05, 0.1) is 20.3 Å². The van der Waals surface area contributed by atoms with Gasteiger partial charge in [-0.2, -0.15) is 0 Å². The number of carbonyl (C=O) groups excluding carboxylic acids is 1. The number of ether oxygens (including phenoxy) is 3. The van der Waals surface area contributed by atoms with Crippen molar-refractivity contribution in [2.45, 2.75) is 57.5 Å². The highest BCUT2D eigenvalue weighted by atomic mass is 19.4. The number of hydrogen-bond donors (Lipinski definition) is 1. The lowest BCUT2D eigenvalue weighted by Gasteiger charge is -2.30. The molecule has 0 aliphatic heterocycles. The van der Waals surface area contributed by atoms with Crippen LogP contribution in [0.1, 0.15) is 60.1 Å². The van der Waals surface area contributed by atoms with Crippen molar-refractivity contribution in [1.29, 1.82) is 0 Å². The molecule has 11 heteroatoms. The Morgan fingerprint density at radius 2 is 1.68 bits per heavy atom. The number of benzene rings is 2. The quantitative estimate of drug-likeness (QED) is 0.372. The summed E-state index contributed by atoms with van der Waals surface area (Å²) < 4.78 is 53.3. The van der Waals surface area contributed by atoms with Crippen LogP contribution in [0.2, 0.25) is 0 Å². The maximum atomic E-state index is 12.5. The fourth-order valence-electron chi connectivity index (χ4n) is 4.51. The van der Waals surface area contributed by atoms with E-state index in [0.717, 1.165) is 42.6 Å². The Balaban J connectivity index is 1.43.